The number of hydrogen-bond donors (Lipinski definition) is 2. The first-order chi connectivity index (χ1) is 14.1. The Balaban J connectivity index is 1.30. The number of benzene rings is 2. The van der Waals surface area contributed by atoms with Crippen molar-refractivity contribution in [3.05, 3.63) is 65.0 Å². The van der Waals surface area contributed by atoms with Crippen molar-refractivity contribution in [3.63, 3.8) is 0 Å². The first kappa shape index (κ1) is 19.1. The van der Waals surface area contributed by atoms with Crippen LogP contribution in [0.1, 0.15) is 40.7 Å². The number of rotatable bonds is 4. The van der Waals surface area contributed by atoms with E-state index in [1.54, 1.807) is 35.2 Å². The lowest BCUT2D eigenvalue weighted by Crippen LogP contribution is -2.32. The largest absolute Gasteiger partial charge is 0.350 e. The van der Waals surface area contributed by atoms with E-state index in [1.165, 1.54) is 12.1 Å². The summed E-state index contributed by atoms with van der Waals surface area (Å²) in [5.74, 6) is -0.448. The first-order valence-corrected chi connectivity index (χ1v) is 9.81. The van der Waals surface area contributed by atoms with Crippen molar-refractivity contribution in [2.75, 3.05) is 11.9 Å². The molecule has 6 nitrogen and oxygen atoms in total. The summed E-state index contributed by atoms with van der Waals surface area (Å²) in [6.07, 6.45) is 5.04. The molecule has 1 atom stereocenters. The SMILES string of the molecule is O=C(NC[C@@H]1CCCC=N1)c1ccc(NC(=O)N2Cc3ccc(F)cc3C2)cc1. The number of fused-ring (bicyclic) bond motifs is 1. The van der Waals surface area contributed by atoms with E-state index in [0.29, 0.717) is 30.9 Å². The van der Waals surface area contributed by atoms with Crippen LogP contribution in [-0.2, 0) is 13.1 Å². The average Bonchev–Trinajstić information content (AvgIpc) is 3.17. The molecule has 150 valence electrons. The van der Waals surface area contributed by atoms with Gasteiger partial charge in [-0.15, -0.1) is 0 Å². The minimum atomic E-state index is -0.296. The average molecular weight is 394 g/mol. The summed E-state index contributed by atoms with van der Waals surface area (Å²) in [6.45, 7) is 1.36. The van der Waals surface area contributed by atoms with E-state index in [0.717, 1.165) is 30.4 Å². The molecule has 0 aromatic heterocycles. The van der Waals surface area contributed by atoms with Crippen LogP contribution in [-0.4, -0.2) is 35.6 Å². The second-order valence-corrected chi connectivity index (χ2v) is 7.40. The summed E-state index contributed by atoms with van der Waals surface area (Å²) >= 11 is 0. The van der Waals surface area contributed by atoms with Crippen LogP contribution >= 0.6 is 0 Å². The smallest absolute Gasteiger partial charge is 0.322 e. The van der Waals surface area contributed by atoms with Crippen LogP contribution in [0.5, 0.6) is 0 Å². The zero-order valence-corrected chi connectivity index (χ0v) is 16.0. The van der Waals surface area contributed by atoms with E-state index in [2.05, 4.69) is 15.6 Å². The highest BCUT2D eigenvalue weighted by atomic mass is 19.1. The van der Waals surface area contributed by atoms with E-state index < -0.39 is 0 Å². The Labute approximate surface area is 168 Å². The number of halogens is 1. The fourth-order valence-electron chi connectivity index (χ4n) is 3.62. The molecule has 0 unspecified atom stereocenters. The van der Waals surface area contributed by atoms with Crippen LogP contribution in [0.25, 0.3) is 0 Å². The van der Waals surface area contributed by atoms with Crippen molar-refractivity contribution in [1.29, 1.82) is 0 Å². The highest BCUT2D eigenvalue weighted by Crippen LogP contribution is 2.24. The maximum absolute atomic E-state index is 13.3. The summed E-state index contributed by atoms with van der Waals surface area (Å²) in [5, 5.41) is 5.73. The minimum Gasteiger partial charge on any atom is -0.350 e. The van der Waals surface area contributed by atoms with Crippen molar-refractivity contribution in [3.8, 4) is 0 Å². The van der Waals surface area contributed by atoms with Crippen LogP contribution in [0, 0.1) is 5.82 Å². The van der Waals surface area contributed by atoms with E-state index in [9.17, 15) is 14.0 Å². The van der Waals surface area contributed by atoms with Gasteiger partial charge in [0.15, 0.2) is 0 Å². The molecule has 2 aromatic rings. The van der Waals surface area contributed by atoms with Gasteiger partial charge in [-0.3, -0.25) is 9.79 Å². The van der Waals surface area contributed by atoms with Crippen molar-refractivity contribution in [2.45, 2.75) is 38.4 Å². The molecule has 2 aromatic carbocycles. The quantitative estimate of drug-likeness (QED) is 0.829. The van der Waals surface area contributed by atoms with E-state index >= 15 is 0 Å². The lowest BCUT2D eigenvalue weighted by atomic mass is 10.1. The van der Waals surface area contributed by atoms with Gasteiger partial charge in [0.1, 0.15) is 5.82 Å². The zero-order chi connectivity index (χ0) is 20.2. The monoisotopic (exact) mass is 394 g/mol. The summed E-state index contributed by atoms with van der Waals surface area (Å²) in [7, 11) is 0. The number of nitrogens with one attached hydrogen (secondary N) is 2. The Morgan fingerprint density at radius 2 is 1.90 bits per heavy atom. The van der Waals surface area contributed by atoms with Gasteiger partial charge in [0, 0.05) is 30.9 Å². The molecule has 0 radical (unpaired) electrons. The normalized spacial score (nSPS) is 17.7. The molecular weight excluding hydrogens is 371 g/mol. The summed E-state index contributed by atoms with van der Waals surface area (Å²) < 4.78 is 13.3. The van der Waals surface area contributed by atoms with Crippen LogP contribution in [0.4, 0.5) is 14.9 Å². The third-order valence-electron chi connectivity index (χ3n) is 5.26. The fourth-order valence-corrected chi connectivity index (χ4v) is 3.62. The highest BCUT2D eigenvalue weighted by molar-refractivity contribution is 5.95. The Morgan fingerprint density at radius 1 is 1.10 bits per heavy atom. The van der Waals surface area contributed by atoms with Gasteiger partial charge in [-0.2, -0.15) is 0 Å². The Morgan fingerprint density at radius 3 is 2.66 bits per heavy atom. The van der Waals surface area contributed by atoms with Gasteiger partial charge in [-0.05, 0) is 73.0 Å². The third kappa shape index (κ3) is 4.62. The van der Waals surface area contributed by atoms with Gasteiger partial charge in [0.05, 0.1) is 6.04 Å². The summed E-state index contributed by atoms with van der Waals surface area (Å²) in [5.41, 5.74) is 2.92. The molecule has 0 saturated heterocycles. The topological polar surface area (TPSA) is 73.8 Å². The number of carbonyl (C=O) groups excluding carboxylic acids is 2. The van der Waals surface area contributed by atoms with E-state index in [1.807, 2.05) is 6.21 Å². The van der Waals surface area contributed by atoms with Crippen LogP contribution in [0.3, 0.4) is 0 Å². The maximum atomic E-state index is 13.3. The minimum absolute atomic E-state index is 0.152. The van der Waals surface area contributed by atoms with E-state index in [4.69, 9.17) is 0 Å². The van der Waals surface area contributed by atoms with Gasteiger partial charge in [0.25, 0.3) is 5.91 Å². The Hall–Kier alpha value is -3.22. The molecule has 4 rings (SSSR count). The molecule has 0 aliphatic carbocycles. The molecule has 0 fully saturated rings. The number of urea groups is 1. The number of hydrogen-bond acceptors (Lipinski definition) is 3. The fraction of sp³-hybridized carbons (Fsp3) is 0.318. The Kier molecular flexibility index (Phi) is 5.55. The number of amides is 3. The molecule has 0 bridgehead atoms. The molecule has 2 aliphatic rings. The lowest BCUT2D eigenvalue weighted by Gasteiger charge is -2.17. The molecule has 3 amide bonds. The van der Waals surface area contributed by atoms with Gasteiger partial charge < -0.3 is 15.5 Å². The molecule has 2 aliphatic heterocycles. The molecule has 29 heavy (non-hydrogen) atoms. The zero-order valence-electron chi connectivity index (χ0n) is 16.0. The van der Waals surface area contributed by atoms with Crippen molar-refractivity contribution in [2.24, 2.45) is 4.99 Å². The van der Waals surface area contributed by atoms with Crippen molar-refractivity contribution < 1.29 is 14.0 Å². The van der Waals surface area contributed by atoms with Gasteiger partial charge >= 0.3 is 6.03 Å². The summed E-state index contributed by atoms with van der Waals surface area (Å²) in [4.78, 5) is 30.8. The second kappa shape index (κ2) is 8.43. The first-order valence-electron chi connectivity index (χ1n) is 9.81. The maximum Gasteiger partial charge on any atom is 0.322 e. The van der Waals surface area contributed by atoms with Gasteiger partial charge in [-0.1, -0.05) is 6.07 Å². The predicted molar refractivity (Wildman–Crippen MR) is 110 cm³/mol. The van der Waals surface area contributed by atoms with Gasteiger partial charge in [0.2, 0.25) is 0 Å². The van der Waals surface area contributed by atoms with Crippen LogP contribution in [0.15, 0.2) is 47.5 Å². The number of nitrogens with zero attached hydrogens (tertiary/aromatic N) is 2. The lowest BCUT2D eigenvalue weighted by molar-refractivity contribution is 0.0950. The van der Waals surface area contributed by atoms with Crippen molar-refractivity contribution in [1.82, 2.24) is 10.2 Å². The standard InChI is InChI=1S/C22H23FN4O2/c23-18-7-4-16-13-27(14-17(16)11-18)22(29)26-19-8-5-15(6-9-19)21(28)25-12-20-3-1-2-10-24-20/h4-11,20H,1-3,12-14H2,(H,25,28)(H,26,29)/t20-/m0/s1. The highest BCUT2D eigenvalue weighted by Gasteiger charge is 2.23. The molecule has 0 saturated carbocycles. The molecule has 0 spiro atoms. The number of aliphatic imine (C=N–C) groups is 1. The molecule has 2 N–H and O–H groups in total. The number of carbonyl (C=O) groups is 2. The molecule has 7 heteroatoms. The third-order valence-corrected chi connectivity index (χ3v) is 5.26. The van der Waals surface area contributed by atoms with Crippen LogP contribution in [0.2, 0.25) is 0 Å². The predicted octanol–water partition coefficient (Wildman–Crippen LogP) is 3.73. The van der Waals surface area contributed by atoms with Crippen LogP contribution < -0.4 is 10.6 Å². The van der Waals surface area contributed by atoms with Crippen molar-refractivity contribution >= 4 is 23.8 Å². The second-order valence-electron chi connectivity index (χ2n) is 7.40. The summed E-state index contributed by atoms with van der Waals surface area (Å²) in [6, 6.07) is 11.3. The number of anilines is 1. The Bertz CT molecular complexity index is 942. The molecular formula is C22H23FN4O2. The molecule has 2 heterocycles. The van der Waals surface area contributed by atoms with Gasteiger partial charge in [-0.25, -0.2) is 9.18 Å². The van der Waals surface area contributed by atoms with E-state index in [-0.39, 0.29) is 23.8 Å².